The van der Waals surface area contributed by atoms with Crippen LogP contribution in [0.5, 0.6) is 11.5 Å². The first kappa shape index (κ1) is 31.4. The van der Waals surface area contributed by atoms with E-state index in [1.54, 1.807) is 12.1 Å². The van der Waals surface area contributed by atoms with Crippen LogP contribution < -0.4 is 15.0 Å². The number of phenolic OH excluding ortho intramolecular Hbond substituents is 1. The van der Waals surface area contributed by atoms with Crippen LogP contribution in [0.2, 0.25) is 0 Å². The molecule has 8 rings (SSSR count). The topological polar surface area (TPSA) is 123 Å². The lowest BCUT2D eigenvalue weighted by Crippen LogP contribution is -2.54. The third-order valence-corrected chi connectivity index (χ3v) is 11.4. The zero-order valence-electron chi connectivity index (χ0n) is 40.3. The number of rotatable bonds is 13. The molecule has 4 aliphatic heterocycles. The minimum atomic E-state index is -3.21. The average molecular weight is 824 g/mol. The SMILES string of the molecule is [2H]C1([2H])N(CC2CCN(CCOc3ccc(C(=C(CCCl)c4ccccc4)c4ccc(O)cc4)cc3)CC2)C([2H])([2H])C([2H])([2H])N(c2ccc3c(c2)C(=O)N(C2CCC(=O)NC2=O)C3=O)C1([2H])[2H]. The van der Waals surface area contributed by atoms with Gasteiger partial charge < -0.3 is 14.7 Å². The van der Waals surface area contributed by atoms with E-state index in [1.807, 2.05) is 54.6 Å². The molecule has 1 atom stereocenters. The van der Waals surface area contributed by atoms with Crippen LogP contribution in [0.15, 0.2) is 97.1 Å². The van der Waals surface area contributed by atoms with Crippen LogP contribution in [0.3, 0.4) is 0 Å². The highest BCUT2D eigenvalue weighted by molar-refractivity contribution is 6.23. The molecule has 0 saturated carbocycles. The first-order valence-corrected chi connectivity index (χ1v) is 20.3. The molecule has 0 radical (unpaired) electrons. The number of aromatic hydroxyl groups is 1. The summed E-state index contributed by atoms with van der Waals surface area (Å²) in [5.41, 5.74) is 4.18. The Morgan fingerprint density at radius 1 is 0.780 bits per heavy atom. The number of alkyl halides is 1. The lowest BCUT2D eigenvalue weighted by molar-refractivity contribution is -0.136. The number of allylic oxidation sites excluding steroid dienone is 1. The molecule has 59 heavy (non-hydrogen) atoms. The lowest BCUT2D eigenvalue weighted by Gasteiger charge is -2.39. The zero-order valence-corrected chi connectivity index (χ0v) is 33.1. The van der Waals surface area contributed by atoms with Crippen LogP contribution in [0.4, 0.5) is 5.69 Å². The van der Waals surface area contributed by atoms with E-state index in [0.29, 0.717) is 71.8 Å². The van der Waals surface area contributed by atoms with Crippen molar-refractivity contribution in [2.45, 2.75) is 38.1 Å². The van der Waals surface area contributed by atoms with Gasteiger partial charge in [-0.2, -0.15) is 0 Å². The van der Waals surface area contributed by atoms with Crippen molar-refractivity contribution in [1.82, 2.24) is 20.0 Å². The number of fused-ring (bicyclic) bond motifs is 1. The number of hydrogen-bond donors (Lipinski definition) is 2. The van der Waals surface area contributed by atoms with Crippen LogP contribution in [-0.2, 0) is 9.59 Å². The van der Waals surface area contributed by atoms with Gasteiger partial charge in [0, 0.05) is 62.5 Å². The van der Waals surface area contributed by atoms with E-state index < -0.39 is 55.7 Å². The molecule has 4 heterocycles. The van der Waals surface area contributed by atoms with Crippen molar-refractivity contribution >= 4 is 52.1 Å². The standard InChI is InChI=1S/C47H50ClN5O6/c48-21-18-39(33-4-2-1-3-5-33)44(34-6-11-37(54)12-7-34)35-8-13-38(14-9-35)59-29-28-50-22-19-32(20-23-50)31-51-24-26-52(27-25-51)36-10-15-40-41(30-36)47(58)53(46(40)57)42-16-17-43(55)49-45(42)56/h1-15,30,32,42,54H,16-29,31H2,(H,49,55,56)/i24D2,25D2,26D2,27D2. The highest BCUT2D eigenvalue weighted by atomic mass is 35.5. The summed E-state index contributed by atoms with van der Waals surface area (Å²) >= 11 is 6.31. The number of ether oxygens (including phenoxy) is 1. The Morgan fingerprint density at radius 2 is 1.46 bits per heavy atom. The van der Waals surface area contributed by atoms with Crippen LogP contribution in [0, 0.1) is 5.92 Å². The van der Waals surface area contributed by atoms with E-state index in [2.05, 4.69) is 22.3 Å². The van der Waals surface area contributed by atoms with Crippen molar-refractivity contribution in [3.05, 3.63) is 125 Å². The second-order valence-corrected chi connectivity index (χ2v) is 15.3. The molecule has 12 heteroatoms. The summed E-state index contributed by atoms with van der Waals surface area (Å²) in [7, 11) is 0. The molecular weight excluding hydrogens is 766 g/mol. The molecule has 3 saturated heterocycles. The Morgan fingerprint density at radius 3 is 2.14 bits per heavy atom. The Bertz CT molecular complexity index is 2550. The van der Waals surface area contributed by atoms with Crippen LogP contribution in [0.1, 0.15) is 80.5 Å². The number of nitrogens with zero attached hydrogens (tertiary/aromatic N) is 4. The first-order chi connectivity index (χ1) is 31.8. The second kappa shape index (κ2) is 18.2. The van der Waals surface area contributed by atoms with Crippen LogP contribution in [0.25, 0.3) is 11.1 Å². The number of amides is 4. The van der Waals surface area contributed by atoms with Gasteiger partial charge in [0.05, 0.1) is 16.6 Å². The Kier molecular flexibility index (Phi) is 9.69. The average Bonchev–Trinajstić information content (AvgIpc) is 3.54. The maximum absolute atomic E-state index is 13.6. The number of phenols is 1. The van der Waals surface area contributed by atoms with Gasteiger partial charge in [0.15, 0.2) is 0 Å². The number of hydrogen-bond acceptors (Lipinski definition) is 9. The predicted molar refractivity (Wildman–Crippen MR) is 229 cm³/mol. The van der Waals surface area contributed by atoms with Gasteiger partial charge >= 0.3 is 0 Å². The van der Waals surface area contributed by atoms with Crippen molar-refractivity contribution in [2.24, 2.45) is 5.92 Å². The summed E-state index contributed by atoms with van der Waals surface area (Å²) in [6, 6.07) is 27.0. The van der Waals surface area contributed by atoms with Crippen LogP contribution in [-0.4, -0.2) is 114 Å². The van der Waals surface area contributed by atoms with Gasteiger partial charge in [0.1, 0.15) is 24.1 Å². The second-order valence-electron chi connectivity index (χ2n) is 14.9. The lowest BCUT2D eigenvalue weighted by atomic mass is 9.88. The molecule has 0 spiro atoms. The third kappa shape index (κ3) is 9.07. The largest absolute Gasteiger partial charge is 0.508 e. The summed E-state index contributed by atoms with van der Waals surface area (Å²) in [5, 5.41) is 12.1. The number of likely N-dealkylation sites (tertiary alicyclic amines) is 1. The fourth-order valence-electron chi connectivity index (χ4n) is 8.05. The molecule has 0 aliphatic carbocycles. The molecule has 11 nitrogen and oxygen atoms in total. The summed E-state index contributed by atoms with van der Waals surface area (Å²) in [6.07, 6.45) is 1.44. The number of anilines is 1. The van der Waals surface area contributed by atoms with Gasteiger partial charge in [-0.1, -0.05) is 54.6 Å². The molecule has 4 aliphatic rings. The number of halogens is 1. The number of imide groups is 2. The van der Waals surface area contributed by atoms with Gasteiger partial charge in [-0.3, -0.25) is 39.2 Å². The van der Waals surface area contributed by atoms with Gasteiger partial charge in [-0.05, 0) is 115 Å². The molecule has 4 aromatic rings. The quantitative estimate of drug-likeness (QED) is 0.0910. The number of carbonyl (C=O) groups excluding carboxylic acids is 4. The maximum Gasteiger partial charge on any atom is 0.262 e. The first-order valence-electron chi connectivity index (χ1n) is 23.8. The molecule has 2 N–H and O–H groups in total. The van der Waals surface area contributed by atoms with Crippen LogP contribution >= 0.6 is 11.6 Å². The molecule has 1 unspecified atom stereocenters. The summed E-state index contributed by atoms with van der Waals surface area (Å²) in [6.45, 7) is -10.8. The highest BCUT2D eigenvalue weighted by Gasteiger charge is 2.45. The molecule has 0 bridgehead atoms. The number of carbonyl (C=O) groups is 4. The summed E-state index contributed by atoms with van der Waals surface area (Å²) in [5.74, 6) is -2.19. The minimum absolute atomic E-state index is 0.101. The van der Waals surface area contributed by atoms with E-state index in [9.17, 15) is 24.3 Å². The molecular formula is C47H50ClN5O6. The van der Waals surface area contributed by atoms with Crippen molar-refractivity contribution in [1.29, 1.82) is 0 Å². The summed E-state index contributed by atoms with van der Waals surface area (Å²) in [4.78, 5) is 55.1. The van der Waals surface area contributed by atoms with E-state index in [4.69, 9.17) is 27.3 Å². The van der Waals surface area contributed by atoms with Gasteiger partial charge in [-0.15, -0.1) is 11.6 Å². The molecule has 3 fully saturated rings. The molecule has 0 aromatic heterocycles. The van der Waals surface area contributed by atoms with Gasteiger partial charge in [0.25, 0.3) is 11.8 Å². The minimum Gasteiger partial charge on any atom is -0.508 e. The van der Waals surface area contributed by atoms with Crippen molar-refractivity contribution in [2.75, 3.05) is 69.6 Å². The normalized spacial score (nSPS) is 25.2. The smallest absolute Gasteiger partial charge is 0.262 e. The number of nitrogens with one attached hydrogen (secondary N) is 1. The number of piperazine rings is 1. The van der Waals surface area contributed by atoms with E-state index in [1.165, 1.54) is 0 Å². The fraction of sp³-hybridized carbons (Fsp3) is 0.362. The molecule has 306 valence electrons. The number of benzene rings is 4. The highest BCUT2D eigenvalue weighted by Crippen LogP contribution is 2.36. The third-order valence-electron chi connectivity index (χ3n) is 11.2. The Hall–Kier alpha value is -5.49. The van der Waals surface area contributed by atoms with E-state index in [0.717, 1.165) is 46.0 Å². The maximum atomic E-state index is 13.6. The Labute approximate surface area is 361 Å². The number of piperidine rings is 2. The molecule has 4 aromatic carbocycles. The van der Waals surface area contributed by atoms with Crippen molar-refractivity contribution in [3.8, 4) is 11.5 Å². The summed E-state index contributed by atoms with van der Waals surface area (Å²) < 4.78 is 78.6. The monoisotopic (exact) mass is 823 g/mol. The zero-order chi connectivity index (χ0) is 48.1. The fourth-order valence-corrected chi connectivity index (χ4v) is 8.24. The van der Waals surface area contributed by atoms with Crippen molar-refractivity contribution in [3.63, 3.8) is 0 Å². The van der Waals surface area contributed by atoms with Crippen molar-refractivity contribution < 1.29 is 40.0 Å². The molecule has 4 amide bonds. The van der Waals surface area contributed by atoms with E-state index in [-0.39, 0.29) is 47.9 Å². The predicted octanol–water partition coefficient (Wildman–Crippen LogP) is 6.29. The van der Waals surface area contributed by atoms with Gasteiger partial charge in [0.2, 0.25) is 11.8 Å². The van der Waals surface area contributed by atoms with Gasteiger partial charge in [-0.25, -0.2) is 0 Å². The Balaban J connectivity index is 0.906. The van der Waals surface area contributed by atoms with E-state index >= 15 is 0 Å².